The Morgan fingerprint density at radius 1 is 1.09 bits per heavy atom. The third kappa shape index (κ3) is 5.54. The molecule has 2 saturated heterocycles. The van der Waals surface area contributed by atoms with Crippen molar-refractivity contribution in [3.63, 3.8) is 0 Å². The molecule has 0 amide bonds. The van der Waals surface area contributed by atoms with E-state index in [9.17, 15) is 13.2 Å². The number of nitrogens with zero attached hydrogens (tertiary/aromatic N) is 2. The Morgan fingerprint density at radius 2 is 1.84 bits per heavy atom. The van der Waals surface area contributed by atoms with Gasteiger partial charge in [0.25, 0.3) is 0 Å². The van der Waals surface area contributed by atoms with E-state index in [2.05, 4.69) is 15.3 Å². The summed E-state index contributed by atoms with van der Waals surface area (Å²) in [5.74, 6) is -0.924. The lowest BCUT2D eigenvalue weighted by molar-refractivity contribution is -0.323. The van der Waals surface area contributed by atoms with E-state index < -0.39 is 42.0 Å². The highest BCUT2D eigenvalue weighted by Gasteiger charge is 2.52. The monoisotopic (exact) mass is 455 g/mol. The first kappa shape index (κ1) is 22.9. The molecule has 4 atom stereocenters. The Balaban J connectivity index is 1.37. The molecular formula is C21H24F3N3O5. The van der Waals surface area contributed by atoms with E-state index in [0.717, 1.165) is 5.56 Å². The van der Waals surface area contributed by atoms with Crippen LogP contribution in [0.5, 0.6) is 0 Å². The molecule has 0 aliphatic carbocycles. The van der Waals surface area contributed by atoms with Gasteiger partial charge in [-0.25, -0.2) is 14.8 Å². The second-order valence-electron chi connectivity index (χ2n) is 8.01. The molecule has 2 fully saturated rings. The Bertz CT molecular complexity index is 900. The minimum Gasteiger partial charge on any atom is -0.371 e. The lowest BCUT2D eigenvalue weighted by Crippen LogP contribution is -2.55. The van der Waals surface area contributed by atoms with Crippen LogP contribution in [-0.2, 0) is 36.8 Å². The first-order chi connectivity index (χ1) is 15.2. The molecule has 0 radical (unpaired) electrons. The largest absolute Gasteiger partial charge is 0.434 e. The molecule has 11 heteroatoms. The fraction of sp³-hybridized carbons (Fsp3) is 0.524. The van der Waals surface area contributed by atoms with E-state index in [4.69, 9.17) is 24.0 Å². The Kier molecular flexibility index (Phi) is 6.63. The average Bonchev–Trinajstić information content (AvgIpc) is 3.08. The fourth-order valence-electron chi connectivity index (χ4n) is 3.66. The van der Waals surface area contributed by atoms with E-state index in [-0.39, 0.29) is 25.6 Å². The van der Waals surface area contributed by atoms with Crippen molar-refractivity contribution in [2.45, 2.75) is 56.8 Å². The summed E-state index contributed by atoms with van der Waals surface area (Å²) in [7, 11) is 0. The van der Waals surface area contributed by atoms with Crippen molar-refractivity contribution in [2.24, 2.45) is 0 Å². The Labute approximate surface area is 182 Å². The van der Waals surface area contributed by atoms with Gasteiger partial charge in [-0.1, -0.05) is 30.3 Å². The van der Waals surface area contributed by atoms with Crippen LogP contribution in [0.2, 0.25) is 0 Å². The van der Waals surface area contributed by atoms with E-state index in [0.29, 0.717) is 6.20 Å². The van der Waals surface area contributed by atoms with E-state index in [1.165, 1.54) is 6.20 Å². The van der Waals surface area contributed by atoms with E-state index in [1.54, 1.807) is 13.8 Å². The lowest BCUT2D eigenvalue weighted by atomic mass is 9.98. The zero-order valence-corrected chi connectivity index (χ0v) is 17.5. The van der Waals surface area contributed by atoms with Gasteiger partial charge in [0, 0.05) is 0 Å². The summed E-state index contributed by atoms with van der Waals surface area (Å²) in [5, 5.41) is 2.94. The van der Waals surface area contributed by atoms with Gasteiger partial charge in [0.15, 0.2) is 11.5 Å². The zero-order chi connectivity index (χ0) is 22.8. The van der Waals surface area contributed by atoms with Gasteiger partial charge in [-0.15, -0.1) is 0 Å². The molecule has 2 aliphatic heterocycles. The number of anilines is 1. The van der Waals surface area contributed by atoms with Crippen molar-refractivity contribution in [3.05, 3.63) is 54.0 Å². The first-order valence-electron chi connectivity index (χ1n) is 10.1. The Morgan fingerprint density at radius 3 is 2.59 bits per heavy atom. The summed E-state index contributed by atoms with van der Waals surface area (Å²) in [5.41, 5.74) is -0.121. The van der Waals surface area contributed by atoms with Crippen LogP contribution in [0.1, 0.15) is 25.1 Å². The summed E-state index contributed by atoms with van der Waals surface area (Å²) in [6.07, 6.45) is -4.20. The van der Waals surface area contributed by atoms with Gasteiger partial charge >= 0.3 is 6.18 Å². The molecule has 0 spiro atoms. The first-order valence-corrected chi connectivity index (χ1v) is 10.1. The van der Waals surface area contributed by atoms with Crippen LogP contribution in [0.4, 0.5) is 19.0 Å². The van der Waals surface area contributed by atoms with E-state index >= 15 is 0 Å². The predicted molar refractivity (Wildman–Crippen MR) is 105 cm³/mol. The highest BCUT2D eigenvalue weighted by Crippen LogP contribution is 2.36. The standard InChI is InChI=1S/C21H24F3N3O5/c1-20(2)31-18-14(26-17-9-25-8-16(27-17)21(22,23)24)11-28-15(19(18)32-20)12-30-29-10-13-6-4-3-5-7-13/h3-9,14-15,18-19H,10-12H2,1-2H3,(H,26,27)/t14-,15+,18+,19-/m0/s1. The molecule has 0 saturated carbocycles. The summed E-state index contributed by atoms with van der Waals surface area (Å²) < 4.78 is 56.7. The molecular weight excluding hydrogens is 431 g/mol. The van der Waals surface area contributed by atoms with Crippen molar-refractivity contribution in [1.29, 1.82) is 0 Å². The highest BCUT2D eigenvalue weighted by atomic mass is 19.4. The normalized spacial score (nSPS) is 27.2. The number of rotatable bonds is 7. The number of hydrogen-bond donors (Lipinski definition) is 1. The minimum atomic E-state index is -4.59. The van der Waals surface area contributed by atoms with Crippen molar-refractivity contribution in [2.75, 3.05) is 18.5 Å². The average molecular weight is 455 g/mol. The number of aromatic nitrogens is 2. The molecule has 8 nitrogen and oxygen atoms in total. The number of nitrogens with one attached hydrogen (secondary N) is 1. The SMILES string of the molecule is CC1(C)O[C@@H]2[C@H](O1)[C@@H](Nc1cncc(C(F)(F)F)n1)CO[C@@H]2COOCc1ccccc1. The maximum atomic E-state index is 12.9. The van der Waals surface area contributed by atoms with E-state index in [1.807, 2.05) is 30.3 Å². The van der Waals surface area contributed by atoms with Crippen LogP contribution in [0.3, 0.4) is 0 Å². The topological polar surface area (TPSA) is 84.0 Å². The van der Waals surface area contributed by atoms with Crippen LogP contribution >= 0.6 is 0 Å². The summed E-state index contributed by atoms with van der Waals surface area (Å²) in [6.45, 7) is 4.05. The van der Waals surface area contributed by atoms with Crippen molar-refractivity contribution in [3.8, 4) is 0 Å². The van der Waals surface area contributed by atoms with Gasteiger partial charge in [0.2, 0.25) is 0 Å². The third-order valence-corrected chi connectivity index (χ3v) is 5.06. The third-order valence-electron chi connectivity index (χ3n) is 5.06. The second-order valence-corrected chi connectivity index (χ2v) is 8.01. The number of alkyl halides is 3. The molecule has 1 aromatic carbocycles. The maximum Gasteiger partial charge on any atom is 0.434 e. The number of halogens is 3. The fourth-order valence-corrected chi connectivity index (χ4v) is 3.66. The molecule has 0 unspecified atom stereocenters. The molecule has 174 valence electrons. The van der Waals surface area contributed by atoms with Crippen LogP contribution in [0.25, 0.3) is 0 Å². The van der Waals surface area contributed by atoms with Gasteiger partial charge in [0.1, 0.15) is 37.3 Å². The van der Waals surface area contributed by atoms with Gasteiger partial charge in [0.05, 0.1) is 25.0 Å². The molecule has 1 aromatic heterocycles. The zero-order valence-electron chi connectivity index (χ0n) is 17.5. The molecule has 1 N–H and O–H groups in total. The van der Waals surface area contributed by atoms with Crippen LogP contribution in [0.15, 0.2) is 42.7 Å². The number of ether oxygens (including phenoxy) is 3. The smallest absolute Gasteiger partial charge is 0.371 e. The predicted octanol–water partition coefficient (Wildman–Crippen LogP) is 3.34. The maximum absolute atomic E-state index is 12.9. The second kappa shape index (κ2) is 9.28. The van der Waals surface area contributed by atoms with Crippen molar-refractivity contribution < 1.29 is 37.2 Å². The van der Waals surface area contributed by atoms with Crippen LogP contribution in [-0.4, -0.2) is 53.3 Å². The molecule has 32 heavy (non-hydrogen) atoms. The van der Waals surface area contributed by atoms with Crippen LogP contribution < -0.4 is 5.32 Å². The highest BCUT2D eigenvalue weighted by molar-refractivity contribution is 5.35. The molecule has 4 rings (SSSR count). The Hall–Kier alpha value is -2.31. The summed E-state index contributed by atoms with van der Waals surface area (Å²) in [4.78, 5) is 17.8. The van der Waals surface area contributed by atoms with Gasteiger partial charge < -0.3 is 19.5 Å². The number of benzene rings is 1. The van der Waals surface area contributed by atoms with Crippen molar-refractivity contribution >= 4 is 5.82 Å². The summed E-state index contributed by atoms with van der Waals surface area (Å²) >= 11 is 0. The lowest BCUT2D eigenvalue weighted by Gasteiger charge is -2.37. The van der Waals surface area contributed by atoms with Crippen molar-refractivity contribution in [1.82, 2.24) is 9.97 Å². The van der Waals surface area contributed by atoms with Gasteiger partial charge in [-0.3, -0.25) is 4.98 Å². The molecule has 0 bridgehead atoms. The molecule has 3 heterocycles. The van der Waals surface area contributed by atoms with Gasteiger partial charge in [-0.05, 0) is 19.4 Å². The summed E-state index contributed by atoms with van der Waals surface area (Å²) in [6, 6.07) is 9.05. The molecule has 2 aromatic rings. The van der Waals surface area contributed by atoms with Gasteiger partial charge in [-0.2, -0.15) is 13.2 Å². The number of fused-ring (bicyclic) bond motifs is 1. The quantitative estimate of drug-likeness (QED) is 0.387. The minimum absolute atomic E-state index is 0.0265. The van der Waals surface area contributed by atoms with Crippen LogP contribution in [0, 0.1) is 0 Å². The molecule has 2 aliphatic rings. The number of hydrogen-bond acceptors (Lipinski definition) is 8.